The zero-order valence-electron chi connectivity index (χ0n) is 16.5. The van der Waals surface area contributed by atoms with E-state index in [4.69, 9.17) is 4.98 Å². The molecule has 7 nitrogen and oxygen atoms in total. The van der Waals surface area contributed by atoms with Crippen LogP contribution >= 0.6 is 0 Å². The van der Waals surface area contributed by atoms with Crippen LogP contribution in [0, 0.1) is 5.92 Å². The molecule has 1 aromatic carbocycles. The maximum Gasteiger partial charge on any atom is 0.329 e. The van der Waals surface area contributed by atoms with E-state index in [-0.39, 0.29) is 5.56 Å². The molecule has 1 saturated heterocycles. The van der Waals surface area contributed by atoms with Crippen LogP contribution in [0.5, 0.6) is 0 Å². The summed E-state index contributed by atoms with van der Waals surface area (Å²) >= 11 is 0. The third-order valence-corrected chi connectivity index (χ3v) is 5.62. The summed E-state index contributed by atoms with van der Waals surface area (Å²) in [5.74, 6) is 1.40. The molecule has 7 heteroatoms. The van der Waals surface area contributed by atoms with Gasteiger partial charge in [-0.15, -0.1) is 0 Å². The molecule has 3 heterocycles. The third-order valence-electron chi connectivity index (χ3n) is 5.62. The van der Waals surface area contributed by atoms with Gasteiger partial charge in [-0.3, -0.25) is 14.3 Å². The molecule has 148 valence electrons. The Hall–Kier alpha value is -2.83. The SMILES string of the molecule is C[C@H]1CCCN(c2nc3c(c(=O)[nH]c(=O)n3C)n2CCCc2ccccc2)C1. The van der Waals surface area contributed by atoms with Gasteiger partial charge in [-0.1, -0.05) is 37.3 Å². The lowest BCUT2D eigenvalue weighted by atomic mass is 10.0. The number of imidazole rings is 1. The van der Waals surface area contributed by atoms with Crippen LogP contribution in [0.1, 0.15) is 31.7 Å². The minimum atomic E-state index is -0.426. The van der Waals surface area contributed by atoms with Gasteiger partial charge < -0.3 is 9.47 Å². The highest BCUT2D eigenvalue weighted by atomic mass is 16.2. The smallest absolute Gasteiger partial charge is 0.329 e. The maximum atomic E-state index is 12.6. The summed E-state index contributed by atoms with van der Waals surface area (Å²) in [5, 5.41) is 0. The van der Waals surface area contributed by atoms with Crippen LogP contribution in [-0.4, -0.2) is 32.2 Å². The van der Waals surface area contributed by atoms with Gasteiger partial charge in [0.25, 0.3) is 5.56 Å². The number of anilines is 1. The number of benzene rings is 1. The number of nitrogens with zero attached hydrogens (tertiary/aromatic N) is 4. The summed E-state index contributed by atoms with van der Waals surface area (Å²) in [4.78, 5) is 34.1. The normalized spacial score (nSPS) is 17.4. The van der Waals surface area contributed by atoms with Crippen molar-refractivity contribution in [3.8, 4) is 0 Å². The van der Waals surface area contributed by atoms with Crippen LogP contribution in [0.15, 0.2) is 39.9 Å². The lowest BCUT2D eigenvalue weighted by Crippen LogP contribution is -2.36. The molecule has 28 heavy (non-hydrogen) atoms. The molecule has 0 spiro atoms. The number of aromatic nitrogens is 4. The molecule has 0 bridgehead atoms. The number of H-pyrrole nitrogens is 1. The number of hydrogen-bond acceptors (Lipinski definition) is 4. The molecule has 0 aliphatic carbocycles. The Morgan fingerprint density at radius 3 is 2.75 bits per heavy atom. The van der Waals surface area contributed by atoms with Gasteiger partial charge in [0.05, 0.1) is 0 Å². The molecule has 4 rings (SSSR count). The molecule has 0 radical (unpaired) electrons. The molecule has 1 N–H and O–H groups in total. The number of nitrogens with one attached hydrogen (secondary N) is 1. The van der Waals surface area contributed by atoms with Gasteiger partial charge in [-0.25, -0.2) is 4.79 Å². The number of aryl methyl sites for hydroxylation is 3. The average molecular weight is 381 g/mol. The van der Waals surface area contributed by atoms with E-state index in [2.05, 4.69) is 28.9 Å². The molecule has 0 amide bonds. The van der Waals surface area contributed by atoms with Crippen molar-refractivity contribution in [2.75, 3.05) is 18.0 Å². The van der Waals surface area contributed by atoms with Gasteiger partial charge in [-0.05, 0) is 37.2 Å². The first-order chi connectivity index (χ1) is 13.5. The fourth-order valence-corrected chi connectivity index (χ4v) is 4.13. The lowest BCUT2D eigenvalue weighted by molar-refractivity contribution is 0.437. The van der Waals surface area contributed by atoms with Crippen LogP contribution < -0.4 is 16.1 Å². The Bertz CT molecular complexity index is 1080. The Morgan fingerprint density at radius 2 is 2.00 bits per heavy atom. The molecule has 0 unspecified atom stereocenters. The fraction of sp³-hybridized carbons (Fsp3) is 0.476. The standard InChI is InChI=1S/C21H27N5O2/c1-15-8-6-12-25(14-15)20-22-18-17(19(27)23-21(28)24(18)2)26(20)13-7-11-16-9-4-3-5-10-16/h3-5,9-10,15H,6-8,11-14H2,1-2H3,(H,23,27,28)/t15-/m0/s1. The van der Waals surface area contributed by atoms with Crippen LogP contribution in [0.3, 0.4) is 0 Å². The number of fused-ring (bicyclic) bond motifs is 1. The van der Waals surface area contributed by atoms with Crippen LogP contribution in [-0.2, 0) is 20.0 Å². The van der Waals surface area contributed by atoms with Gasteiger partial charge in [-0.2, -0.15) is 4.98 Å². The lowest BCUT2D eigenvalue weighted by Gasteiger charge is -2.32. The van der Waals surface area contributed by atoms with E-state index in [1.165, 1.54) is 16.6 Å². The van der Waals surface area contributed by atoms with Gasteiger partial charge in [0, 0.05) is 26.7 Å². The van der Waals surface area contributed by atoms with Crippen molar-refractivity contribution in [1.82, 2.24) is 19.1 Å². The molecule has 1 atom stereocenters. The Balaban J connectivity index is 1.73. The van der Waals surface area contributed by atoms with E-state index in [1.807, 2.05) is 22.8 Å². The van der Waals surface area contributed by atoms with E-state index < -0.39 is 5.69 Å². The zero-order chi connectivity index (χ0) is 19.7. The van der Waals surface area contributed by atoms with E-state index >= 15 is 0 Å². The topological polar surface area (TPSA) is 75.9 Å². The highest BCUT2D eigenvalue weighted by Gasteiger charge is 2.24. The van der Waals surface area contributed by atoms with Crippen LogP contribution in [0.25, 0.3) is 11.2 Å². The molecule has 3 aromatic rings. The summed E-state index contributed by atoms with van der Waals surface area (Å²) < 4.78 is 3.44. The number of hydrogen-bond donors (Lipinski definition) is 1. The minimum absolute atomic E-state index is 0.360. The number of rotatable bonds is 5. The van der Waals surface area contributed by atoms with Gasteiger partial charge in [0.15, 0.2) is 11.2 Å². The monoisotopic (exact) mass is 381 g/mol. The summed E-state index contributed by atoms with van der Waals surface area (Å²) in [6, 6.07) is 10.3. The molecule has 1 aliphatic heterocycles. The van der Waals surface area contributed by atoms with Crippen LogP contribution in [0.4, 0.5) is 5.95 Å². The quantitative estimate of drug-likeness (QED) is 0.736. The third kappa shape index (κ3) is 3.48. The second-order valence-electron chi connectivity index (χ2n) is 7.84. The predicted octanol–water partition coefficient (Wildman–Crippen LogP) is 2.29. The first-order valence-corrected chi connectivity index (χ1v) is 10.0. The predicted molar refractivity (Wildman–Crippen MR) is 111 cm³/mol. The number of piperidine rings is 1. The van der Waals surface area contributed by atoms with Crippen molar-refractivity contribution in [3.63, 3.8) is 0 Å². The van der Waals surface area contributed by atoms with Crippen molar-refractivity contribution in [2.45, 2.75) is 39.2 Å². The Morgan fingerprint density at radius 1 is 1.21 bits per heavy atom. The van der Waals surface area contributed by atoms with Gasteiger partial charge in [0.2, 0.25) is 5.95 Å². The molecule has 1 fully saturated rings. The van der Waals surface area contributed by atoms with E-state index in [1.54, 1.807) is 7.05 Å². The first kappa shape index (κ1) is 18.5. The van der Waals surface area contributed by atoms with Crippen molar-refractivity contribution < 1.29 is 0 Å². The molecule has 0 saturated carbocycles. The fourth-order valence-electron chi connectivity index (χ4n) is 4.13. The van der Waals surface area contributed by atoms with E-state index in [0.717, 1.165) is 38.3 Å². The van der Waals surface area contributed by atoms with Crippen molar-refractivity contribution >= 4 is 17.1 Å². The average Bonchev–Trinajstić information content (AvgIpc) is 3.07. The largest absolute Gasteiger partial charge is 0.342 e. The molecule has 2 aromatic heterocycles. The van der Waals surface area contributed by atoms with Crippen molar-refractivity contribution in [2.24, 2.45) is 13.0 Å². The van der Waals surface area contributed by atoms with E-state index in [0.29, 0.717) is 23.6 Å². The highest BCUT2D eigenvalue weighted by Crippen LogP contribution is 2.25. The summed E-state index contributed by atoms with van der Waals surface area (Å²) in [7, 11) is 1.66. The second kappa shape index (κ2) is 7.66. The highest BCUT2D eigenvalue weighted by molar-refractivity contribution is 5.74. The molecule has 1 aliphatic rings. The van der Waals surface area contributed by atoms with Gasteiger partial charge >= 0.3 is 5.69 Å². The first-order valence-electron chi connectivity index (χ1n) is 10.0. The molecular formula is C21H27N5O2. The minimum Gasteiger partial charge on any atom is -0.342 e. The summed E-state index contributed by atoms with van der Waals surface area (Å²) in [6.07, 6.45) is 4.15. The Kier molecular flexibility index (Phi) is 5.07. The summed E-state index contributed by atoms with van der Waals surface area (Å²) in [6.45, 7) is 4.79. The van der Waals surface area contributed by atoms with E-state index in [9.17, 15) is 9.59 Å². The van der Waals surface area contributed by atoms with Crippen LogP contribution in [0.2, 0.25) is 0 Å². The second-order valence-corrected chi connectivity index (χ2v) is 7.84. The Labute approximate surface area is 163 Å². The van der Waals surface area contributed by atoms with Crippen molar-refractivity contribution in [3.05, 3.63) is 56.7 Å². The molecular weight excluding hydrogens is 354 g/mol. The van der Waals surface area contributed by atoms with Crippen molar-refractivity contribution in [1.29, 1.82) is 0 Å². The zero-order valence-corrected chi connectivity index (χ0v) is 16.5. The maximum absolute atomic E-state index is 12.6. The summed E-state index contributed by atoms with van der Waals surface area (Å²) in [5.41, 5.74) is 1.44. The van der Waals surface area contributed by atoms with Gasteiger partial charge in [0.1, 0.15) is 0 Å². The number of aromatic amines is 1.